The Balaban J connectivity index is 2.48. The third-order valence-corrected chi connectivity index (χ3v) is 4.30. The second-order valence-corrected chi connectivity index (χ2v) is 6.79. The molecular formula is C14H19N3O2S. The van der Waals surface area contributed by atoms with Gasteiger partial charge < -0.3 is 5.73 Å². The van der Waals surface area contributed by atoms with Crippen molar-refractivity contribution in [3.8, 4) is 11.1 Å². The van der Waals surface area contributed by atoms with Crippen molar-refractivity contribution >= 4 is 15.5 Å². The quantitative estimate of drug-likeness (QED) is 0.858. The summed E-state index contributed by atoms with van der Waals surface area (Å²) in [6.07, 6.45) is 6.83. The van der Waals surface area contributed by atoms with Crippen LogP contribution in [0.25, 0.3) is 11.1 Å². The van der Waals surface area contributed by atoms with Gasteiger partial charge in [0.2, 0.25) is 0 Å². The summed E-state index contributed by atoms with van der Waals surface area (Å²) in [6.45, 7) is 2.94. The lowest BCUT2D eigenvalue weighted by atomic mass is 10.1. The van der Waals surface area contributed by atoms with Crippen molar-refractivity contribution in [3.63, 3.8) is 0 Å². The minimum Gasteiger partial charge on any atom is -0.398 e. The maximum absolute atomic E-state index is 11.9. The fourth-order valence-electron chi connectivity index (χ4n) is 2.14. The zero-order valence-corrected chi connectivity index (χ0v) is 12.5. The maximum atomic E-state index is 11.9. The lowest BCUT2D eigenvalue weighted by molar-refractivity contribution is 0.572. The molecule has 0 saturated carbocycles. The Morgan fingerprint density at radius 2 is 2.10 bits per heavy atom. The average Bonchev–Trinajstić information content (AvgIpc) is 2.83. The molecule has 0 aliphatic carbocycles. The summed E-state index contributed by atoms with van der Waals surface area (Å²) < 4.78 is 25.7. The first-order valence-corrected chi connectivity index (χ1v) is 8.44. The van der Waals surface area contributed by atoms with E-state index in [1.54, 1.807) is 24.4 Å². The van der Waals surface area contributed by atoms with E-state index in [0.717, 1.165) is 24.9 Å². The minimum absolute atomic E-state index is 0.176. The van der Waals surface area contributed by atoms with E-state index in [4.69, 9.17) is 5.73 Å². The van der Waals surface area contributed by atoms with Crippen molar-refractivity contribution in [2.24, 2.45) is 0 Å². The number of aryl methyl sites for hydroxylation is 1. The molecule has 20 heavy (non-hydrogen) atoms. The molecule has 1 aromatic heterocycles. The SMILES string of the molecule is CCCCn1cc(-c2cccc(N)c2S(C)(=O)=O)cn1. The van der Waals surface area contributed by atoms with Crippen LogP contribution in [-0.2, 0) is 16.4 Å². The monoisotopic (exact) mass is 293 g/mol. The van der Waals surface area contributed by atoms with Gasteiger partial charge in [0, 0.05) is 30.1 Å². The van der Waals surface area contributed by atoms with Crippen molar-refractivity contribution in [1.29, 1.82) is 0 Å². The summed E-state index contributed by atoms with van der Waals surface area (Å²) in [5.41, 5.74) is 7.47. The fourth-order valence-corrected chi connectivity index (χ4v) is 3.22. The smallest absolute Gasteiger partial charge is 0.178 e. The number of unbranched alkanes of at least 4 members (excludes halogenated alkanes) is 1. The molecule has 2 N–H and O–H groups in total. The molecule has 5 nitrogen and oxygen atoms in total. The highest BCUT2D eigenvalue weighted by Gasteiger charge is 2.18. The molecule has 0 bridgehead atoms. The zero-order valence-electron chi connectivity index (χ0n) is 11.7. The van der Waals surface area contributed by atoms with Crippen molar-refractivity contribution in [1.82, 2.24) is 9.78 Å². The number of sulfone groups is 1. The molecule has 0 atom stereocenters. The molecule has 2 aromatic rings. The van der Waals surface area contributed by atoms with Gasteiger partial charge in [0.25, 0.3) is 0 Å². The van der Waals surface area contributed by atoms with Crippen LogP contribution in [0.1, 0.15) is 19.8 Å². The highest BCUT2D eigenvalue weighted by atomic mass is 32.2. The Hall–Kier alpha value is -1.82. The summed E-state index contributed by atoms with van der Waals surface area (Å²) >= 11 is 0. The van der Waals surface area contributed by atoms with Crippen LogP contribution in [0.2, 0.25) is 0 Å². The Bertz CT molecular complexity index is 705. The van der Waals surface area contributed by atoms with Gasteiger partial charge >= 0.3 is 0 Å². The van der Waals surface area contributed by atoms with Crippen LogP contribution >= 0.6 is 0 Å². The van der Waals surface area contributed by atoms with Gasteiger partial charge in [-0.05, 0) is 12.5 Å². The van der Waals surface area contributed by atoms with Gasteiger partial charge in [-0.3, -0.25) is 4.68 Å². The standard InChI is InChI=1S/C14H19N3O2S/c1-3-4-8-17-10-11(9-16-17)12-6-5-7-13(15)14(12)20(2,18)19/h5-7,9-10H,3-4,8,15H2,1-2H3. The van der Waals surface area contributed by atoms with E-state index in [0.29, 0.717) is 5.56 Å². The minimum atomic E-state index is -3.38. The van der Waals surface area contributed by atoms with Crippen molar-refractivity contribution in [2.45, 2.75) is 31.2 Å². The van der Waals surface area contributed by atoms with Gasteiger partial charge in [0.05, 0.1) is 16.8 Å². The second kappa shape index (κ2) is 5.66. The molecule has 2 rings (SSSR count). The van der Waals surface area contributed by atoms with Crippen molar-refractivity contribution in [2.75, 3.05) is 12.0 Å². The molecule has 0 saturated heterocycles. The van der Waals surface area contributed by atoms with E-state index in [9.17, 15) is 8.42 Å². The molecule has 0 aliphatic heterocycles. The molecule has 0 amide bonds. The largest absolute Gasteiger partial charge is 0.398 e. The molecular weight excluding hydrogens is 274 g/mol. The first-order chi connectivity index (χ1) is 9.43. The zero-order chi connectivity index (χ0) is 14.8. The Kier molecular flexibility index (Phi) is 4.13. The lowest BCUT2D eigenvalue weighted by Gasteiger charge is -2.09. The van der Waals surface area contributed by atoms with E-state index >= 15 is 0 Å². The van der Waals surface area contributed by atoms with Crippen LogP contribution < -0.4 is 5.73 Å². The maximum Gasteiger partial charge on any atom is 0.178 e. The molecule has 108 valence electrons. The highest BCUT2D eigenvalue weighted by molar-refractivity contribution is 7.91. The second-order valence-electron chi connectivity index (χ2n) is 4.84. The fraction of sp³-hybridized carbons (Fsp3) is 0.357. The van der Waals surface area contributed by atoms with E-state index < -0.39 is 9.84 Å². The van der Waals surface area contributed by atoms with Crippen LogP contribution in [0.15, 0.2) is 35.5 Å². The van der Waals surface area contributed by atoms with Gasteiger partial charge in [-0.15, -0.1) is 0 Å². The van der Waals surface area contributed by atoms with Gasteiger partial charge in [-0.2, -0.15) is 5.10 Å². The number of hydrogen-bond donors (Lipinski definition) is 1. The number of nitrogens with zero attached hydrogens (tertiary/aromatic N) is 2. The molecule has 0 unspecified atom stereocenters. The molecule has 6 heteroatoms. The molecule has 0 aliphatic rings. The number of benzene rings is 1. The van der Waals surface area contributed by atoms with Crippen LogP contribution in [0, 0.1) is 0 Å². The first kappa shape index (κ1) is 14.6. The summed E-state index contributed by atoms with van der Waals surface area (Å²) in [6, 6.07) is 5.11. The topological polar surface area (TPSA) is 78.0 Å². The van der Waals surface area contributed by atoms with E-state index in [1.807, 2.05) is 10.9 Å². The van der Waals surface area contributed by atoms with Crippen molar-refractivity contribution in [3.05, 3.63) is 30.6 Å². The van der Waals surface area contributed by atoms with E-state index in [1.165, 1.54) is 6.26 Å². The number of rotatable bonds is 5. The van der Waals surface area contributed by atoms with Gasteiger partial charge in [-0.1, -0.05) is 25.5 Å². The van der Waals surface area contributed by atoms with Crippen LogP contribution in [-0.4, -0.2) is 24.5 Å². The highest BCUT2D eigenvalue weighted by Crippen LogP contribution is 2.31. The predicted octanol–water partition coefficient (Wildman–Crippen LogP) is 2.34. The Morgan fingerprint density at radius 3 is 2.75 bits per heavy atom. The van der Waals surface area contributed by atoms with Crippen LogP contribution in [0.4, 0.5) is 5.69 Å². The van der Waals surface area contributed by atoms with Gasteiger partial charge in [0.15, 0.2) is 9.84 Å². The van der Waals surface area contributed by atoms with Crippen LogP contribution in [0.5, 0.6) is 0 Å². The number of anilines is 1. The first-order valence-electron chi connectivity index (χ1n) is 6.55. The van der Waals surface area contributed by atoms with E-state index in [2.05, 4.69) is 12.0 Å². The lowest BCUT2D eigenvalue weighted by Crippen LogP contribution is -2.04. The Morgan fingerprint density at radius 1 is 1.35 bits per heavy atom. The number of hydrogen-bond acceptors (Lipinski definition) is 4. The predicted molar refractivity (Wildman–Crippen MR) is 80.1 cm³/mol. The van der Waals surface area contributed by atoms with Gasteiger partial charge in [-0.25, -0.2) is 8.42 Å². The third-order valence-electron chi connectivity index (χ3n) is 3.10. The molecule has 1 aromatic carbocycles. The van der Waals surface area contributed by atoms with Crippen molar-refractivity contribution < 1.29 is 8.42 Å². The molecule has 1 heterocycles. The summed E-state index contributed by atoms with van der Waals surface area (Å²) in [5, 5.41) is 4.26. The van der Waals surface area contributed by atoms with Gasteiger partial charge in [0.1, 0.15) is 0 Å². The average molecular weight is 293 g/mol. The number of nitrogens with two attached hydrogens (primary N) is 1. The Labute approximate surface area is 119 Å². The third kappa shape index (κ3) is 3.01. The summed E-state index contributed by atoms with van der Waals surface area (Å²) in [7, 11) is -3.38. The van der Waals surface area contributed by atoms with Crippen LogP contribution in [0.3, 0.4) is 0 Å². The number of aromatic nitrogens is 2. The number of nitrogen functional groups attached to an aromatic ring is 1. The molecule has 0 spiro atoms. The molecule has 0 fully saturated rings. The van der Waals surface area contributed by atoms with E-state index in [-0.39, 0.29) is 10.6 Å². The summed E-state index contributed by atoms with van der Waals surface area (Å²) in [4.78, 5) is 0.176. The summed E-state index contributed by atoms with van der Waals surface area (Å²) in [5.74, 6) is 0. The normalized spacial score (nSPS) is 11.7. The molecule has 0 radical (unpaired) electrons.